The number of benzene rings is 1. The van der Waals surface area contributed by atoms with E-state index >= 15 is 0 Å². The first-order valence-corrected chi connectivity index (χ1v) is 6.57. The predicted molar refractivity (Wildman–Crippen MR) is 65.6 cm³/mol. The largest absolute Gasteiger partial charge is 0.384 e. The van der Waals surface area contributed by atoms with Crippen molar-refractivity contribution in [2.75, 3.05) is 31.3 Å². The lowest BCUT2D eigenvalue weighted by Crippen LogP contribution is -2.14. The molecule has 2 rings (SSSR count). The van der Waals surface area contributed by atoms with Crippen LogP contribution in [0.1, 0.15) is 6.42 Å². The number of anilines is 1. The SMILES string of the molecule is CSc1ccccc1NCC1CCOC1. The van der Waals surface area contributed by atoms with Crippen molar-refractivity contribution in [3.8, 4) is 0 Å². The topological polar surface area (TPSA) is 21.3 Å². The van der Waals surface area contributed by atoms with Crippen LogP contribution in [0.25, 0.3) is 0 Å². The van der Waals surface area contributed by atoms with Gasteiger partial charge in [0.15, 0.2) is 0 Å². The summed E-state index contributed by atoms with van der Waals surface area (Å²) < 4.78 is 5.36. The first-order valence-electron chi connectivity index (χ1n) is 5.35. The number of ether oxygens (including phenoxy) is 1. The van der Waals surface area contributed by atoms with Gasteiger partial charge in [0.25, 0.3) is 0 Å². The Morgan fingerprint density at radius 3 is 3.07 bits per heavy atom. The minimum atomic E-state index is 0.680. The van der Waals surface area contributed by atoms with Crippen LogP contribution in [0.2, 0.25) is 0 Å². The number of rotatable bonds is 4. The van der Waals surface area contributed by atoms with Gasteiger partial charge in [0.1, 0.15) is 0 Å². The van der Waals surface area contributed by atoms with Gasteiger partial charge < -0.3 is 10.1 Å². The van der Waals surface area contributed by atoms with Gasteiger partial charge in [0.05, 0.1) is 6.61 Å². The lowest BCUT2D eigenvalue weighted by atomic mass is 10.1. The lowest BCUT2D eigenvalue weighted by molar-refractivity contribution is 0.187. The van der Waals surface area contributed by atoms with Gasteiger partial charge in [0.2, 0.25) is 0 Å². The number of hydrogen-bond donors (Lipinski definition) is 1. The van der Waals surface area contributed by atoms with Gasteiger partial charge in [-0.1, -0.05) is 12.1 Å². The maximum atomic E-state index is 5.36. The molecule has 1 aliphatic heterocycles. The normalized spacial score (nSPS) is 20.5. The molecule has 3 heteroatoms. The fourth-order valence-corrected chi connectivity index (χ4v) is 2.36. The van der Waals surface area contributed by atoms with E-state index < -0.39 is 0 Å². The molecule has 0 aromatic heterocycles. The van der Waals surface area contributed by atoms with Gasteiger partial charge in [-0.05, 0) is 24.8 Å². The molecule has 1 heterocycles. The molecule has 82 valence electrons. The fourth-order valence-electron chi connectivity index (χ4n) is 1.79. The minimum Gasteiger partial charge on any atom is -0.384 e. The monoisotopic (exact) mass is 223 g/mol. The summed E-state index contributed by atoms with van der Waals surface area (Å²) in [4.78, 5) is 1.32. The highest BCUT2D eigenvalue weighted by molar-refractivity contribution is 7.98. The van der Waals surface area contributed by atoms with Gasteiger partial charge in [-0.15, -0.1) is 11.8 Å². The van der Waals surface area contributed by atoms with Gasteiger partial charge in [-0.2, -0.15) is 0 Å². The summed E-state index contributed by atoms with van der Waals surface area (Å²) in [6.07, 6.45) is 3.30. The van der Waals surface area contributed by atoms with Crippen molar-refractivity contribution >= 4 is 17.4 Å². The zero-order valence-electron chi connectivity index (χ0n) is 9.03. The molecular weight excluding hydrogens is 206 g/mol. The lowest BCUT2D eigenvalue weighted by Gasteiger charge is -2.13. The molecule has 1 atom stereocenters. The minimum absolute atomic E-state index is 0.680. The third kappa shape index (κ3) is 2.89. The van der Waals surface area contributed by atoms with Crippen molar-refractivity contribution in [1.29, 1.82) is 0 Å². The van der Waals surface area contributed by atoms with Gasteiger partial charge in [-0.25, -0.2) is 0 Å². The Kier molecular flexibility index (Phi) is 3.92. The summed E-state index contributed by atoms with van der Waals surface area (Å²) in [5, 5.41) is 3.51. The Morgan fingerprint density at radius 2 is 2.33 bits per heavy atom. The molecule has 0 radical (unpaired) electrons. The molecule has 1 aromatic carbocycles. The summed E-state index contributed by atoms with van der Waals surface area (Å²) >= 11 is 1.78. The maximum Gasteiger partial charge on any atom is 0.0511 e. The van der Waals surface area contributed by atoms with Crippen molar-refractivity contribution < 1.29 is 4.74 Å². The number of nitrogens with one attached hydrogen (secondary N) is 1. The maximum absolute atomic E-state index is 5.36. The van der Waals surface area contributed by atoms with Crippen LogP contribution in [0.4, 0.5) is 5.69 Å². The van der Waals surface area contributed by atoms with Gasteiger partial charge in [0, 0.05) is 29.7 Å². The van der Waals surface area contributed by atoms with Crippen LogP contribution in [0, 0.1) is 5.92 Å². The van der Waals surface area contributed by atoms with E-state index in [9.17, 15) is 0 Å². The first-order chi connectivity index (χ1) is 7.40. The third-order valence-electron chi connectivity index (χ3n) is 2.71. The average molecular weight is 223 g/mol. The Bertz CT molecular complexity index is 310. The molecule has 0 saturated carbocycles. The second-order valence-corrected chi connectivity index (χ2v) is 4.66. The highest BCUT2D eigenvalue weighted by Gasteiger charge is 2.15. The van der Waals surface area contributed by atoms with Crippen LogP contribution < -0.4 is 5.32 Å². The second-order valence-electron chi connectivity index (χ2n) is 3.81. The summed E-state index contributed by atoms with van der Waals surface area (Å²) in [5.74, 6) is 0.680. The molecule has 1 aliphatic rings. The van der Waals surface area contributed by atoms with Crippen molar-refractivity contribution in [3.05, 3.63) is 24.3 Å². The summed E-state index contributed by atoms with van der Waals surface area (Å²) in [5.41, 5.74) is 1.25. The summed E-state index contributed by atoms with van der Waals surface area (Å²) in [6, 6.07) is 8.45. The van der Waals surface area contributed by atoms with E-state index in [1.165, 1.54) is 17.0 Å². The zero-order chi connectivity index (χ0) is 10.5. The number of hydrogen-bond acceptors (Lipinski definition) is 3. The molecule has 1 N–H and O–H groups in total. The van der Waals surface area contributed by atoms with E-state index in [1.807, 2.05) is 0 Å². The Morgan fingerprint density at radius 1 is 1.47 bits per heavy atom. The van der Waals surface area contributed by atoms with E-state index in [4.69, 9.17) is 4.74 Å². The molecular formula is C12H17NOS. The smallest absolute Gasteiger partial charge is 0.0511 e. The molecule has 0 spiro atoms. The molecule has 1 fully saturated rings. The van der Waals surface area contributed by atoms with Crippen molar-refractivity contribution in [1.82, 2.24) is 0 Å². The van der Waals surface area contributed by atoms with Crippen molar-refractivity contribution in [2.24, 2.45) is 5.92 Å². The summed E-state index contributed by atoms with van der Waals surface area (Å²) in [7, 11) is 0. The van der Waals surface area contributed by atoms with E-state index in [-0.39, 0.29) is 0 Å². The highest BCUT2D eigenvalue weighted by Crippen LogP contribution is 2.25. The van der Waals surface area contributed by atoms with Crippen LogP contribution >= 0.6 is 11.8 Å². The third-order valence-corrected chi connectivity index (χ3v) is 3.51. The van der Waals surface area contributed by atoms with Gasteiger partial charge in [-0.3, -0.25) is 0 Å². The molecule has 15 heavy (non-hydrogen) atoms. The Balaban J connectivity index is 1.91. The summed E-state index contributed by atoms with van der Waals surface area (Å²) in [6.45, 7) is 2.86. The van der Waals surface area contributed by atoms with Gasteiger partial charge >= 0.3 is 0 Å². The number of thioether (sulfide) groups is 1. The van der Waals surface area contributed by atoms with Crippen LogP contribution in [0.15, 0.2) is 29.2 Å². The fraction of sp³-hybridized carbons (Fsp3) is 0.500. The van der Waals surface area contributed by atoms with Crippen LogP contribution in [0.5, 0.6) is 0 Å². The molecule has 0 bridgehead atoms. The number of para-hydroxylation sites is 1. The molecule has 2 nitrogen and oxygen atoms in total. The van der Waals surface area contributed by atoms with E-state index in [0.717, 1.165) is 19.8 Å². The molecule has 1 unspecified atom stereocenters. The van der Waals surface area contributed by atoms with E-state index in [0.29, 0.717) is 5.92 Å². The Hall–Kier alpha value is -0.670. The van der Waals surface area contributed by atoms with Crippen molar-refractivity contribution in [3.63, 3.8) is 0 Å². The second kappa shape index (κ2) is 5.42. The average Bonchev–Trinajstić information content (AvgIpc) is 2.79. The van der Waals surface area contributed by atoms with Crippen LogP contribution in [-0.4, -0.2) is 26.0 Å². The molecule has 1 aromatic rings. The van der Waals surface area contributed by atoms with Crippen LogP contribution in [0.3, 0.4) is 0 Å². The van der Waals surface area contributed by atoms with Crippen molar-refractivity contribution in [2.45, 2.75) is 11.3 Å². The molecule has 1 saturated heterocycles. The quantitative estimate of drug-likeness (QED) is 0.793. The first kappa shape index (κ1) is 10.8. The molecule has 0 aliphatic carbocycles. The predicted octanol–water partition coefficient (Wildman–Crippen LogP) is 2.86. The van der Waals surface area contributed by atoms with E-state index in [1.54, 1.807) is 11.8 Å². The highest BCUT2D eigenvalue weighted by atomic mass is 32.2. The Labute approximate surface area is 95.4 Å². The van der Waals surface area contributed by atoms with E-state index in [2.05, 4.69) is 35.8 Å². The standard InChI is InChI=1S/C12H17NOS/c1-15-12-5-3-2-4-11(12)13-8-10-6-7-14-9-10/h2-5,10,13H,6-9H2,1H3. The van der Waals surface area contributed by atoms with Crippen LogP contribution in [-0.2, 0) is 4.74 Å². The molecule has 0 amide bonds. The zero-order valence-corrected chi connectivity index (χ0v) is 9.85.